The molecule has 6 nitrogen and oxygen atoms in total. The van der Waals surface area contributed by atoms with Gasteiger partial charge < -0.3 is 10.1 Å². The van der Waals surface area contributed by atoms with E-state index in [-0.39, 0.29) is 18.3 Å². The fourth-order valence-corrected chi connectivity index (χ4v) is 4.55. The van der Waals surface area contributed by atoms with Gasteiger partial charge >= 0.3 is 0 Å². The Kier molecular flexibility index (Phi) is 7.54. The number of carbonyl (C=O) groups excluding carboxylic acids is 1. The van der Waals surface area contributed by atoms with Gasteiger partial charge in [0.05, 0.1) is 5.75 Å². The number of allylic oxidation sites excluding steroid dienone is 1. The third kappa shape index (κ3) is 5.87. The first kappa shape index (κ1) is 23.2. The number of nitrogens with one attached hydrogen (secondary N) is 1. The van der Waals surface area contributed by atoms with Gasteiger partial charge in [-0.15, -0.1) is 16.8 Å². The second kappa shape index (κ2) is 10.7. The van der Waals surface area contributed by atoms with E-state index < -0.39 is 0 Å². The Morgan fingerprint density at radius 1 is 1.09 bits per heavy atom. The molecule has 4 aromatic rings. The minimum atomic E-state index is -0.208. The lowest BCUT2D eigenvalue weighted by Crippen LogP contribution is -2.15. The van der Waals surface area contributed by atoms with Crippen molar-refractivity contribution in [3.05, 3.63) is 89.2 Å². The van der Waals surface area contributed by atoms with Gasteiger partial charge in [-0.2, -0.15) is 0 Å². The Bertz CT molecular complexity index is 1280. The van der Waals surface area contributed by atoms with Crippen LogP contribution in [0.2, 0.25) is 10.0 Å². The Balaban J connectivity index is 1.42. The van der Waals surface area contributed by atoms with Crippen LogP contribution in [0.4, 0.5) is 5.69 Å². The van der Waals surface area contributed by atoms with Crippen molar-refractivity contribution in [2.45, 2.75) is 18.3 Å². The molecular formula is C24H20Cl2N4O2S. The van der Waals surface area contributed by atoms with Crippen LogP contribution in [0.1, 0.15) is 5.82 Å². The molecule has 1 aromatic heterocycles. The predicted octanol–water partition coefficient (Wildman–Crippen LogP) is 6.23. The van der Waals surface area contributed by atoms with Gasteiger partial charge in [0.25, 0.3) is 0 Å². The van der Waals surface area contributed by atoms with Crippen molar-refractivity contribution in [3.8, 4) is 5.75 Å². The van der Waals surface area contributed by atoms with E-state index >= 15 is 0 Å². The van der Waals surface area contributed by atoms with Crippen LogP contribution in [-0.4, -0.2) is 26.4 Å². The fraction of sp³-hybridized carbons (Fsp3) is 0.125. The number of carbonyl (C=O) groups is 1. The summed E-state index contributed by atoms with van der Waals surface area (Å²) < 4.78 is 7.94. The number of amides is 1. The number of nitrogens with zero attached hydrogens (tertiary/aromatic N) is 3. The zero-order valence-electron chi connectivity index (χ0n) is 17.5. The lowest BCUT2D eigenvalue weighted by atomic mass is 10.1. The molecule has 3 aromatic carbocycles. The second-order valence-corrected chi connectivity index (χ2v) is 8.87. The highest BCUT2D eigenvalue weighted by Gasteiger charge is 2.15. The van der Waals surface area contributed by atoms with Crippen LogP contribution < -0.4 is 10.1 Å². The summed E-state index contributed by atoms with van der Waals surface area (Å²) in [5.74, 6) is 1.35. The normalized spacial score (nSPS) is 10.8. The molecule has 4 rings (SSSR count). The Hall–Kier alpha value is -3.00. The van der Waals surface area contributed by atoms with E-state index in [0.29, 0.717) is 33.3 Å². The molecule has 0 unspecified atom stereocenters. The molecule has 0 radical (unpaired) electrons. The van der Waals surface area contributed by atoms with Crippen molar-refractivity contribution < 1.29 is 9.53 Å². The minimum absolute atomic E-state index is 0.142. The van der Waals surface area contributed by atoms with Gasteiger partial charge in [0.15, 0.2) is 11.0 Å². The molecule has 0 saturated heterocycles. The molecule has 0 bridgehead atoms. The minimum Gasteiger partial charge on any atom is -0.485 e. The molecule has 0 aliphatic carbocycles. The van der Waals surface area contributed by atoms with E-state index in [2.05, 4.69) is 22.1 Å². The van der Waals surface area contributed by atoms with Gasteiger partial charge in [0.2, 0.25) is 5.91 Å². The highest BCUT2D eigenvalue weighted by atomic mass is 35.5. The molecule has 33 heavy (non-hydrogen) atoms. The van der Waals surface area contributed by atoms with E-state index in [9.17, 15) is 4.79 Å². The molecule has 0 atom stereocenters. The fourth-order valence-electron chi connectivity index (χ4n) is 3.26. The molecule has 9 heteroatoms. The summed E-state index contributed by atoms with van der Waals surface area (Å²) in [5.41, 5.74) is 0.537. The zero-order chi connectivity index (χ0) is 23.2. The summed E-state index contributed by atoms with van der Waals surface area (Å²) >= 11 is 13.3. The molecule has 168 valence electrons. The molecule has 0 saturated carbocycles. The lowest BCUT2D eigenvalue weighted by molar-refractivity contribution is -0.113. The molecule has 0 aliphatic rings. The number of hydrogen-bond acceptors (Lipinski definition) is 5. The van der Waals surface area contributed by atoms with Gasteiger partial charge in [-0.05, 0) is 29.7 Å². The van der Waals surface area contributed by atoms with E-state index in [1.807, 2.05) is 47.0 Å². The highest BCUT2D eigenvalue weighted by molar-refractivity contribution is 7.99. The number of thioether (sulfide) groups is 1. The van der Waals surface area contributed by atoms with Crippen molar-refractivity contribution in [1.29, 1.82) is 0 Å². The molecule has 0 fully saturated rings. The van der Waals surface area contributed by atoms with Gasteiger partial charge in [0, 0.05) is 27.7 Å². The van der Waals surface area contributed by atoms with E-state index in [4.69, 9.17) is 27.9 Å². The van der Waals surface area contributed by atoms with Crippen LogP contribution in [0.25, 0.3) is 10.8 Å². The second-order valence-electron chi connectivity index (χ2n) is 7.06. The van der Waals surface area contributed by atoms with E-state index in [0.717, 1.165) is 16.5 Å². The number of anilines is 1. The van der Waals surface area contributed by atoms with Crippen molar-refractivity contribution >= 4 is 57.3 Å². The summed E-state index contributed by atoms with van der Waals surface area (Å²) in [6.07, 6.45) is 1.75. The SMILES string of the molecule is C=CCn1c(COc2cccc3ccccc23)nnc1SCC(=O)Nc1cc(Cl)cc(Cl)c1. The van der Waals surface area contributed by atoms with Crippen LogP contribution in [0.5, 0.6) is 5.75 Å². The first-order valence-electron chi connectivity index (χ1n) is 10.1. The number of hydrogen-bond donors (Lipinski definition) is 1. The van der Waals surface area contributed by atoms with Gasteiger partial charge in [-0.25, -0.2) is 0 Å². The van der Waals surface area contributed by atoms with Crippen LogP contribution >= 0.6 is 35.0 Å². The maximum Gasteiger partial charge on any atom is 0.234 e. The highest BCUT2D eigenvalue weighted by Crippen LogP contribution is 2.27. The van der Waals surface area contributed by atoms with E-state index in [1.165, 1.54) is 11.8 Å². The number of rotatable bonds is 9. The van der Waals surface area contributed by atoms with Crippen molar-refractivity contribution in [2.75, 3.05) is 11.1 Å². The summed E-state index contributed by atoms with van der Waals surface area (Å²) in [6, 6.07) is 18.8. The van der Waals surface area contributed by atoms with Crippen LogP contribution in [-0.2, 0) is 17.9 Å². The molecule has 1 N–H and O–H groups in total. The number of fused-ring (bicyclic) bond motifs is 1. The summed E-state index contributed by atoms with van der Waals surface area (Å²) in [7, 11) is 0. The van der Waals surface area contributed by atoms with Gasteiger partial charge in [-0.1, -0.05) is 77.4 Å². The Labute approximate surface area is 205 Å². The maximum atomic E-state index is 12.4. The van der Waals surface area contributed by atoms with Crippen molar-refractivity contribution in [1.82, 2.24) is 14.8 Å². The molecule has 0 aliphatic heterocycles. The summed E-state index contributed by atoms with van der Waals surface area (Å²) in [5, 5.41) is 14.9. The molecule has 1 heterocycles. The van der Waals surface area contributed by atoms with Crippen molar-refractivity contribution in [2.24, 2.45) is 0 Å². The number of halogens is 2. The molecule has 0 spiro atoms. The predicted molar refractivity (Wildman–Crippen MR) is 134 cm³/mol. The average Bonchev–Trinajstić information content (AvgIpc) is 3.17. The van der Waals surface area contributed by atoms with Crippen LogP contribution in [0, 0.1) is 0 Å². The van der Waals surface area contributed by atoms with E-state index in [1.54, 1.807) is 24.3 Å². The third-order valence-corrected chi connectivity index (χ3v) is 6.09. The number of ether oxygens (including phenoxy) is 1. The average molecular weight is 499 g/mol. The Morgan fingerprint density at radius 3 is 2.64 bits per heavy atom. The van der Waals surface area contributed by atoms with Crippen LogP contribution in [0.15, 0.2) is 78.5 Å². The number of aromatic nitrogens is 3. The summed E-state index contributed by atoms with van der Waals surface area (Å²) in [6.45, 7) is 4.55. The molecular weight excluding hydrogens is 479 g/mol. The monoisotopic (exact) mass is 498 g/mol. The maximum absolute atomic E-state index is 12.4. The summed E-state index contributed by atoms with van der Waals surface area (Å²) in [4.78, 5) is 12.4. The molecule has 1 amide bonds. The zero-order valence-corrected chi connectivity index (χ0v) is 19.8. The lowest BCUT2D eigenvalue weighted by Gasteiger charge is -2.11. The van der Waals surface area contributed by atoms with Gasteiger partial charge in [-0.3, -0.25) is 9.36 Å². The Morgan fingerprint density at radius 2 is 1.85 bits per heavy atom. The quantitative estimate of drug-likeness (QED) is 0.218. The third-order valence-electron chi connectivity index (χ3n) is 4.69. The standard InChI is InChI=1S/C24H20Cl2N4O2S/c1-2-10-30-22(14-32-21-9-5-7-16-6-3-4-8-20(16)21)28-29-24(30)33-15-23(31)27-19-12-17(25)11-18(26)13-19/h2-9,11-13H,1,10,14-15H2,(H,27,31). The van der Waals surface area contributed by atoms with Crippen molar-refractivity contribution in [3.63, 3.8) is 0 Å². The topological polar surface area (TPSA) is 69.0 Å². The smallest absolute Gasteiger partial charge is 0.234 e. The first-order valence-corrected chi connectivity index (χ1v) is 11.8. The largest absolute Gasteiger partial charge is 0.485 e. The first-order chi connectivity index (χ1) is 16.0. The van der Waals surface area contributed by atoms with Gasteiger partial charge in [0.1, 0.15) is 12.4 Å². The van der Waals surface area contributed by atoms with Crippen LogP contribution in [0.3, 0.4) is 0 Å². The number of benzene rings is 3.